The first-order valence-corrected chi connectivity index (χ1v) is 7.73. The quantitative estimate of drug-likeness (QED) is 0.822. The van der Waals surface area contributed by atoms with Crippen molar-refractivity contribution >= 4 is 48.9 Å². The highest BCUT2D eigenvalue weighted by Crippen LogP contribution is 2.27. The highest BCUT2D eigenvalue weighted by molar-refractivity contribution is 9.10. The predicted octanol–water partition coefficient (Wildman–Crippen LogP) is 2.88. The van der Waals surface area contributed by atoms with Crippen LogP contribution in [0.15, 0.2) is 46.0 Å². The van der Waals surface area contributed by atoms with Gasteiger partial charge in [0.1, 0.15) is 4.90 Å². The minimum absolute atomic E-state index is 0.0179. The van der Waals surface area contributed by atoms with Gasteiger partial charge < -0.3 is 5.73 Å². The fourth-order valence-electron chi connectivity index (χ4n) is 1.42. The summed E-state index contributed by atoms with van der Waals surface area (Å²) in [5, 5.41) is 0.259. The molecule has 0 saturated heterocycles. The van der Waals surface area contributed by atoms with Crippen LogP contribution < -0.4 is 10.5 Å². The summed E-state index contributed by atoms with van der Waals surface area (Å²) in [6.07, 6.45) is 2.79. The third-order valence-corrected chi connectivity index (χ3v) is 4.54. The van der Waals surface area contributed by atoms with E-state index in [1.807, 2.05) is 0 Å². The Morgan fingerprint density at radius 2 is 2.05 bits per heavy atom. The van der Waals surface area contributed by atoms with E-state index in [2.05, 4.69) is 25.6 Å². The molecule has 2 rings (SSSR count). The Kier molecular flexibility index (Phi) is 3.98. The molecule has 0 aliphatic carbocycles. The molecule has 0 fully saturated rings. The molecule has 0 aliphatic heterocycles. The summed E-state index contributed by atoms with van der Waals surface area (Å²) < 4.78 is 27.4. The zero-order valence-corrected chi connectivity index (χ0v) is 12.6. The maximum atomic E-state index is 12.2. The number of nitrogen functional groups attached to an aromatic ring is 1. The van der Waals surface area contributed by atoms with Crippen LogP contribution >= 0.6 is 27.5 Å². The van der Waals surface area contributed by atoms with Gasteiger partial charge in [-0.15, -0.1) is 0 Å². The first kappa shape index (κ1) is 14.1. The Bertz CT molecular complexity index is 722. The van der Waals surface area contributed by atoms with Gasteiger partial charge in [-0.05, 0) is 24.3 Å². The molecular formula is C11H9BrClN3O2S. The van der Waals surface area contributed by atoms with Crippen LogP contribution in [0.3, 0.4) is 0 Å². The number of hydrogen-bond acceptors (Lipinski definition) is 4. The van der Waals surface area contributed by atoms with Gasteiger partial charge in [-0.2, -0.15) is 0 Å². The summed E-state index contributed by atoms with van der Waals surface area (Å²) in [7, 11) is -3.80. The van der Waals surface area contributed by atoms with Gasteiger partial charge >= 0.3 is 0 Å². The van der Waals surface area contributed by atoms with Crippen LogP contribution in [-0.2, 0) is 10.0 Å². The fraction of sp³-hybridized carbons (Fsp3) is 0. The number of pyridine rings is 1. The smallest absolute Gasteiger partial charge is 0.264 e. The molecule has 0 aliphatic rings. The topological polar surface area (TPSA) is 85.1 Å². The van der Waals surface area contributed by atoms with Gasteiger partial charge in [-0.25, -0.2) is 8.42 Å². The Labute approximate surface area is 124 Å². The van der Waals surface area contributed by atoms with Crippen LogP contribution in [0.1, 0.15) is 0 Å². The van der Waals surface area contributed by atoms with E-state index in [1.54, 1.807) is 6.07 Å². The van der Waals surface area contributed by atoms with Gasteiger partial charge in [0.25, 0.3) is 10.0 Å². The molecule has 8 heteroatoms. The van der Waals surface area contributed by atoms with Crippen LogP contribution in [0, 0.1) is 0 Å². The molecule has 0 amide bonds. The highest BCUT2D eigenvalue weighted by atomic mass is 79.9. The average molecular weight is 363 g/mol. The molecular weight excluding hydrogens is 354 g/mol. The SMILES string of the molecule is Nc1cc(Br)ccc1S(=O)(=O)Nc1cnccc1Cl. The number of benzene rings is 1. The molecule has 1 aromatic carbocycles. The van der Waals surface area contributed by atoms with Gasteiger partial charge in [0, 0.05) is 10.7 Å². The van der Waals surface area contributed by atoms with Crippen LogP contribution in [0.2, 0.25) is 5.02 Å². The van der Waals surface area contributed by atoms with Crippen molar-refractivity contribution in [2.75, 3.05) is 10.5 Å². The summed E-state index contributed by atoms with van der Waals surface area (Å²) in [5.41, 5.74) is 6.04. The van der Waals surface area contributed by atoms with E-state index in [9.17, 15) is 8.42 Å². The zero-order valence-electron chi connectivity index (χ0n) is 9.47. The minimum atomic E-state index is -3.80. The van der Waals surface area contributed by atoms with E-state index in [0.29, 0.717) is 4.47 Å². The van der Waals surface area contributed by atoms with Crippen molar-refractivity contribution in [1.82, 2.24) is 4.98 Å². The van der Waals surface area contributed by atoms with Gasteiger partial charge in [0.2, 0.25) is 0 Å². The summed E-state index contributed by atoms with van der Waals surface area (Å²) in [6, 6.07) is 6.01. The number of rotatable bonds is 3. The van der Waals surface area contributed by atoms with Crippen LogP contribution in [-0.4, -0.2) is 13.4 Å². The van der Waals surface area contributed by atoms with Gasteiger partial charge in [-0.1, -0.05) is 27.5 Å². The van der Waals surface area contributed by atoms with E-state index in [-0.39, 0.29) is 21.3 Å². The second kappa shape index (κ2) is 5.36. The van der Waals surface area contributed by atoms with Crippen molar-refractivity contribution in [2.24, 2.45) is 0 Å². The number of nitrogens with one attached hydrogen (secondary N) is 1. The monoisotopic (exact) mass is 361 g/mol. The maximum Gasteiger partial charge on any atom is 0.264 e. The third-order valence-electron chi connectivity index (χ3n) is 2.27. The molecule has 0 unspecified atom stereocenters. The van der Waals surface area contributed by atoms with Crippen molar-refractivity contribution in [1.29, 1.82) is 0 Å². The standard InChI is InChI=1S/C11H9BrClN3O2S/c12-7-1-2-11(9(14)5-7)19(17,18)16-10-6-15-4-3-8(10)13/h1-6,16H,14H2. The molecule has 100 valence electrons. The molecule has 0 saturated carbocycles. The van der Waals surface area contributed by atoms with E-state index >= 15 is 0 Å². The lowest BCUT2D eigenvalue weighted by atomic mass is 10.3. The molecule has 3 N–H and O–H groups in total. The number of anilines is 2. The second-order valence-electron chi connectivity index (χ2n) is 3.64. The maximum absolute atomic E-state index is 12.2. The van der Waals surface area contributed by atoms with Crippen molar-refractivity contribution in [3.05, 3.63) is 46.2 Å². The second-order valence-corrected chi connectivity index (χ2v) is 6.62. The van der Waals surface area contributed by atoms with Crippen molar-refractivity contribution in [2.45, 2.75) is 4.90 Å². The Morgan fingerprint density at radius 3 is 2.68 bits per heavy atom. The Hall–Kier alpha value is -1.31. The molecule has 19 heavy (non-hydrogen) atoms. The van der Waals surface area contributed by atoms with Gasteiger partial charge in [0.15, 0.2) is 0 Å². The number of nitrogens with zero attached hydrogens (tertiary/aromatic N) is 1. The fourth-order valence-corrected chi connectivity index (χ4v) is 3.18. The zero-order chi connectivity index (χ0) is 14.0. The molecule has 0 atom stereocenters. The molecule has 0 radical (unpaired) electrons. The van der Waals surface area contributed by atoms with Crippen LogP contribution in [0.5, 0.6) is 0 Å². The summed E-state index contributed by atoms with van der Waals surface area (Å²) in [5.74, 6) is 0. The van der Waals surface area contributed by atoms with E-state index in [4.69, 9.17) is 17.3 Å². The highest BCUT2D eigenvalue weighted by Gasteiger charge is 2.18. The molecule has 1 heterocycles. The molecule has 0 bridgehead atoms. The lowest BCUT2D eigenvalue weighted by molar-refractivity contribution is 0.601. The first-order valence-electron chi connectivity index (χ1n) is 5.07. The van der Waals surface area contributed by atoms with Crippen molar-refractivity contribution in [3.63, 3.8) is 0 Å². The van der Waals surface area contributed by atoms with E-state index in [1.165, 1.54) is 30.6 Å². The van der Waals surface area contributed by atoms with Gasteiger partial charge in [-0.3, -0.25) is 9.71 Å². The van der Waals surface area contributed by atoms with Crippen LogP contribution in [0.25, 0.3) is 0 Å². The third kappa shape index (κ3) is 3.17. The van der Waals surface area contributed by atoms with E-state index in [0.717, 1.165) is 0 Å². The van der Waals surface area contributed by atoms with Gasteiger partial charge in [0.05, 0.1) is 22.6 Å². The molecule has 0 spiro atoms. The summed E-state index contributed by atoms with van der Waals surface area (Å²) in [6.45, 7) is 0. The Balaban J connectivity index is 2.41. The molecule has 1 aromatic heterocycles. The predicted molar refractivity (Wildman–Crippen MR) is 78.6 cm³/mol. The van der Waals surface area contributed by atoms with Crippen LogP contribution in [0.4, 0.5) is 11.4 Å². The number of nitrogens with two attached hydrogens (primary N) is 1. The number of halogens is 2. The summed E-state index contributed by atoms with van der Waals surface area (Å²) in [4.78, 5) is 3.79. The molecule has 5 nitrogen and oxygen atoms in total. The van der Waals surface area contributed by atoms with Crippen molar-refractivity contribution < 1.29 is 8.42 Å². The Morgan fingerprint density at radius 1 is 1.32 bits per heavy atom. The number of aromatic nitrogens is 1. The average Bonchev–Trinajstić information content (AvgIpc) is 2.31. The van der Waals surface area contributed by atoms with E-state index < -0.39 is 10.0 Å². The molecule has 2 aromatic rings. The minimum Gasteiger partial charge on any atom is -0.398 e. The first-order chi connectivity index (χ1) is 8.90. The number of hydrogen-bond donors (Lipinski definition) is 2. The lowest BCUT2D eigenvalue weighted by Gasteiger charge is -2.11. The largest absolute Gasteiger partial charge is 0.398 e. The summed E-state index contributed by atoms with van der Waals surface area (Å²) >= 11 is 9.09. The van der Waals surface area contributed by atoms with Crippen molar-refractivity contribution in [3.8, 4) is 0 Å². The number of sulfonamides is 1. The normalized spacial score (nSPS) is 11.3. The lowest BCUT2D eigenvalue weighted by Crippen LogP contribution is -2.15.